The summed E-state index contributed by atoms with van der Waals surface area (Å²) in [6.45, 7) is 2.33. The van der Waals surface area contributed by atoms with Crippen molar-refractivity contribution in [2.45, 2.75) is 19.6 Å². The van der Waals surface area contributed by atoms with Crippen molar-refractivity contribution in [2.75, 3.05) is 14.2 Å². The summed E-state index contributed by atoms with van der Waals surface area (Å²) in [7, 11) is 3.24. The number of hydrogen-bond donors (Lipinski definition) is 1. The predicted octanol–water partition coefficient (Wildman–Crippen LogP) is 3.16. The lowest BCUT2D eigenvalue weighted by Gasteiger charge is -2.13. The number of aliphatic hydroxyl groups excluding tert-OH is 1. The minimum absolute atomic E-state index is 0.598. The largest absolute Gasteiger partial charge is 0.493 e. The van der Waals surface area contributed by atoms with Crippen LogP contribution in [0.3, 0.4) is 0 Å². The Labute approximate surface area is 135 Å². The Morgan fingerprint density at radius 2 is 1.83 bits per heavy atom. The fraction of sp³-hybridized carbons (Fsp3) is 0.278. The van der Waals surface area contributed by atoms with Crippen LogP contribution in [0, 0.1) is 0 Å². The van der Waals surface area contributed by atoms with Gasteiger partial charge in [0.2, 0.25) is 0 Å². The van der Waals surface area contributed by atoms with Crippen molar-refractivity contribution in [3.8, 4) is 11.5 Å². The van der Waals surface area contributed by atoms with Crippen LogP contribution in [0.5, 0.6) is 11.5 Å². The number of imidazole rings is 1. The standard InChI is InChI=1S/C18H20N2O3/c1-12(21)18-19-14-6-4-5-7-15(14)20(18)11-13-8-9-16(22-2)17(10-13)23-3/h4-10,12,21H,11H2,1-3H3/t12-/m1/s1. The number of ether oxygens (including phenoxy) is 2. The van der Waals surface area contributed by atoms with E-state index in [0.29, 0.717) is 23.9 Å². The zero-order valence-corrected chi connectivity index (χ0v) is 13.5. The molecule has 0 saturated carbocycles. The van der Waals surface area contributed by atoms with Crippen LogP contribution < -0.4 is 9.47 Å². The van der Waals surface area contributed by atoms with Crippen molar-refractivity contribution < 1.29 is 14.6 Å². The van der Waals surface area contributed by atoms with Crippen LogP contribution in [0.25, 0.3) is 11.0 Å². The molecule has 0 aliphatic carbocycles. The SMILES string of the molecule is COc1ccc(Cn2c([C@@H](C)O)nc3ccccc32)cc1OC. The summed E-state index contributed by atoms with van der Waals surface area (Å²) in [4.78, 5) is 4.54. The number of aliphatic hydroxyl groups is 1. The van der Waals surface area contributed by atoms with Crippen molar-refractivity contribution >= 4 is 11.0 Å². The molecule has 0 amide bonds. The lowest BCUT2D eigenvalue weighted by molar-refractivity contribution is 0.185. The molecule has 3 rings (SSSR count). The Bertz CT molecular complexity index is 824. The van der Waals surface area contributed by atoms with Gasteiger partial charge in [0.1, 0.15) is 11.9 Å². The molecule has 23 heavy (non-hydrogen) atoms. The fourth-order valence-electron chi connectivity index (χ4n) is 2.74. The van der Waals surface area contributed by atoms with E-state index in [9.17, 15) is 5.11 Å². The Morgan fingerprint density at radius 1 is 1.09 bits per heavy atom. The summed E-state index contributed by atoms with van der Waals surface area (Å²) in [5.41, 5.74) is 2.93. The molecule has 1 heterocycles. The highest BCUT2D eigenvalue weighted by atomic mass is 16.5. The average molecular weight is 312 g/mol. The Hall–Kier alpha value is -2.53. The second-order valence-electron chi connectivity index (χ2n) is 5.41. The van der Waals surface area contributed by atoms with Gasteiger partial charge in [-0.1, -0.05) is 18.2 Å². The van der Waals surface area contributed by atoms with Crippen LogP contribution in [0.1, 0.15) is 24.4 Å². The van der Waals surface area contributed by atoms with E-state index in [1.54, 1.807) is 21.1 Å². The monoisotopic (exact) mass is 312 g/mol. The second kappa shape index (κ2) is 6.30. The molecule has 120 valence electrons. The van der Waals surface area contributed by atoms with Crippen LogP contribution in [0.4, 0.5) is 0 Å². The maximum absolute atomic E-state index is 10.0. The van der Waals surface area contributed by atoms with E-state index in [4.69, 9.17) is 9.47 Å². The summed E-state index contributed by atoms with van der Waals surface area (Å²) < 4.78 is 12.7. The van der Waals surface area contributed by atoms with Gasteiger partial charge in [0.15, 0.2) is 11.5 Å². The van der Waals surface area contributed by atoms with Crippen LogP contribution in [-0.4, -0.2) is 28.9 Å². The molecule has 0 bridgehead atoms. The van der Waals surface area contributed by atoms with E-state index >= 15 is 0 Å². The van der Waals surface area contributed by atoms with Gasteiger partial charge < -0.3 is 19.1 Å². The first-order chi connectivity index (χ1) is 11.1. The van der Waals surface area contributed by atoms with E-state index in [-0.39, 0.29) is 0 Å². The molecule has 0 saturated heterocycles. The maximum atomic E-state index is 10.0. The molecule has 0 aliphatic rings. The van der Waals surface area contributed by atoms with Gasteiger partial charge >= 0.3 is 0 Å². The van der Waals surface area contributed by atoms with Crippen molar-refractivity contribution in [2.24, 2.45) is 0 Å². The summed E-state index contributed by atoms with van der Waals surface area (Å²) in [5.74, 6) is 2.04. The molecule has 1 aromatic heterocycles. The van der Waals surface area contributed by atoms with Crippen LogP contribution in [-0.2, 0) is 6.54 Å². The van der Waals surface area contributed by atoms with Gasteiger partial charge in [-0.3, -0.25) is 0 Å². The molecule has 0 aliphatic heterocycles. The number of fused-ring (bicyclic) bond motifs is 1. The van der Waals surface area contributed by atoms with Crippen LogP contribution in [0.2, 0.25) is 0 Å². The minimum atomic E-state index is -0.637. The van der Waals surface area contributed by atoms with Gasteiger partial charge in [-0.25, -0.2) is 4.98 Å². The molecule has 1 N–H and O–H groups in total. The molecule has 5 heteroatoms. The molecule has 5 nitrogen and oxygen atoms in total. The molecule has 2 aromatic carbocycles. The fourth-order valence-corrected chi connectivity index (χ4v) is 2.74. The Balaban J connectivity index is 2.06. The maximum Gasteiger partial charge on any atom is 0.161 e. The molecule has 0 spiro atoms. The van der Waals surface area contributed by atoms with Crippen molar-refractivity contribution in [3.05, 3.63) is 53.9 Å². The second-order valence-corrected chi connectivity index (χ2v) is 5.41. The number of aromatic nitrogens is 2. The predicted molar refractivity (Wildman–Crippen MR) is 89.0 cm³/mol. The van der Waals surface area contributed by atoms with E-state index in [2.05, 4.69) is 4.98 Å². The summed E-state index contributed by atoms with van der Waals surface area (Å²) >= 11 is 0. The van der Waals surface area contributed by atoms with Crippen molar-refractivity contribution in [1.82, 2.24) is 9.55 Å². The first-order valence-electron chi connectivity index (χ1n) is 7.48. The normalized spacial score (nSPS) is 12.3. The van der Waals surface area contributed by atoms with Crippen LogP contribution in [0.15, 0.2) is 42.5 Å². The number of benzene rings is 2. The van der Waals surface area contributed by atoms with Gasteiger partial charge in [-0.2, -0.15) is 0 Å². The highest BCUT2D eigenvalue weighted by Crippen LogP contribution is 2.29. The van der Waals surface area contributed by atoms with E-state index < -0.39 is 6.10 Å². The lowest BCUT2D eigenvalue weighted by atomic mass is 10.2. The quantitative estimate of drug-likeness (QED) is 0.786. The van der Waals surface area contributed by atoms with E-state index in [0.717, 1.165) is 16.6 Å². The zero-order chi connectivity index (χ0) is 16.4. The molecule has 0 radical (unpaired) electrons. The summed E-state index contributed by atoms with van der Waals surface area (Å²) in [6, 6.07) is 13.7. The van der Waals surface area contributed by atoms with Gasteiger partial charge in [0.25, 0.3) is 0 Å². The molecule has 3 aromatic rings. The molecular formula is C18H20N2O3. The third kappa shape index (κ3) is 2.87. The Morgan fingerprint density at radius 3 is 2.52 bits per heavy atom. The summed E-state index contributed by atoms with van der Waals surface area (Å²) in [5, 5.41) is 10.0. The highest BCUT2D eigenvalue weighted by Gasteiger charge is 2.15. The number of methoxy groups -OCH3 is 2. The minimum Gasteiger partial charge on any atom is -0.493 e. The first kappa shape index (κ1) is 15.4. The molecule has 0 fully saturated rings. The molecule has 1 atom stereocenters. The highest BCUT2D eigenvalue weighted by molar-refractivity contribution is 5.76. The van der Waals surface area contributed by atoms with E-state index in [1.165, 1.54) is 0 Å². The van der Waals surface area contributed by atoms with Crippen molar-refractivity contribution in [3.63, 3.8) is 0 Å². The Kier molecular flexibility index (Phi) is 4.21. The van der Waals surface area contributed by atoms with Gasteiger partial charge in [-0.05, 0) is 36.8 Å². The average Bonchev–Trinajstić information content (AvgIpc) is 2.94. The topological polar surface area (TPSA) is 56.5 Å². The number of hydrogen-bond acceptors (Lipinski definition) is 4. The van der Waals surface area contributed by atoms with Gasteiger partial charge in [0.05, 0.1) is 25.3 Å². The number of para-hydroxylation sites is 2. The van der Waals surface area contributed by atoms with Gasteiger partial charge in [-0.15, -0.1) is 0 Å². The van der Waals surface area contributed by atoms with E-state index in [1.807, 2.05) is 47.0 Å². The van der Waals surface area contributed by atoms with Crippen molar-refractivity contribution in [1.29, 1.82) is 0 Å². The smallest absolute Gasteiger partial charge is 0.161 e. The third-order valence-corrected chi connectivity index (χ3v) is 3.85. The summed E-state index contributed by atoms with van der Waals surface area (Å²) in [6.07, 6.45) is -0.637. The molecule has 0 unspecified atom stereocenters. The molecular weight excluding hydrogens is 292 g/mol. The van der Waals surface area contributed by atoms with Crippen LogP contribution >= 0.6 is 0 Å². The first-order valence-corrected chi connectivity index (χ1v) is 7.48. The zero-order valence-electron chi connectivity index (χ0n) is 13.5. The number of nitrogens with zero attached hydrogens (tertiary/aromatic N) is 2. The van der Waals surface area contributed by atoms with Gasteiger partial charge in [0, 0.05) is 6.54 Å². The third-order valence-electron chi connectivity index (χ3n) is 3.85. The lowest BCUT2D eigenvalue weighted by Crippen LogP contribution is -2.08. The number of rotatable bonds is 5.